The number of thiazole rings is 1. The zero-order valence-electron chi connectivity index (χ0n) is 20.7. The van der Waals surface area contributed by atoms with E-state index in [4.69, 9.17) is 15.0 Å². The first-order valence-electron chi connectivity index (χ1n) is 12.1. The van der Waals surface area contributed by atoms with Gasteiger partial charge in [0.2, 0.25) is 15.2 Å². The van der Waals surface area contributed by atoms with Crippen LogP contribution in [0.2, 0.25) is 0 Å². The third kappa shape index (κ3) is 5.70. The molecule has 0 atom stereocenters. The van der Waals surface area contributed by atoms with Gasteiger partial charge in [0.1, 0.15) is 10.7 Å². The summed E-state index contributed by atoms with van der Waals surface area (Å²) in [7, 11) is -4.24. The quantitative estimate of drug-likeness (QED) is 0.284. The first-order valence-corrected chi connectivity index (χ1v) is 14.5. The molecular weight excluding hydrogens is 550 g/mol. The Hall–Kier alpha value is -3.68. The second-order valence-corrected chi connectivity index (χ2v) is 11.6. The number of primary sulfonamides is 1. The highest BCUT2D eigenvalue weighted by Gasteiger charge is 2.30. The molecule has 0 spiro atoms. The van der Waals surface area contributed by atoms with Gasteiger partial charge in [0.25, 0.3) is 0 Å². The van der Waals surface area contributed by atoms with Crippen LogP contribution < -0.4 is 5.14 Å². The lowest BCUT2D eigenvalue weighted by Gasteiger charge is -2.10. The number of hydrogen-bond acceptors (Lipinski definition) is 8. The number of phenolic OH excluding ortho intramolecular Hbond substituents is 1. The molecule has 0 radical (unpaired) electrons. The number of benzene rings is 2. The van der Waals surface area contributed by atoms with E-state index in [0.29, 0.717) is 39.9 Å². The van der Waals surface area contributed by atoms with Gasteiger partial charge in [-0.3, -0.25) is 0 Å². The minimum Gasteiger partial charge on any atom is -0.505 e. The summed E-state index contributed by atoms with van der Waals surface area (Å²) in [6.07, 6.45) is 2.79. The Morgan fingerprint density at radius 1 is 1.21 bits per heavy atom. The molecule has 2 heterocycles. The van der Waals surface area contributed by atoms with Gasteiger partial charge in [-0.05, 0) is 68.0 Å². The normalized spacial score (nSPS) is 13.5. The van der Waals surface area contributed by atoms with Crippen LogP contribution in [-0.4, -0.2) is 40.9 Å². The van der Waals surface area contributed by atoms with Crippen molar-refractivity contribution in [2.75, 3.05) is 6.61 Å². The number of rotatable bonds is 9. The molecule has 0 bridgehead atoms. The van der Waals surface area contributed by atoms with E-state index in [1.807, 2.05) is 0 Å². The topological polar surface area (TPSA) is 137 Å². The van der Waals surface area contributed by atoms with Gasteiger partial charge in [0.15, 0.2) is 17.3 Å². The number of ether oxygens (including phenoxy) is 1. The number of esters is 1. The molecule has 1 aliphatic carbocycles. The summed E-state index contributed by atoms with van der Waals surface area (Å²) in [5, 5.41) is 21.9. The van der Waals surface area contributed by atoms with Crippen LogP contribution in [-0.2, 0) is 27.6 Å². The lowest BCUT2D eigenvalue weighted by Crippen LogP contribution is -2.14. The average Bonchev–Trinajstić information content (AvgIpc) is 3.43. The zero-order chi connectivity index (χ0) is 27.9. The Labute approximate surface area is 226 Å². The van der Waals surface area contributed by atoms with E-state index in [2.05, 4.69) is 4.98 Å². The van der Waals surface area contributed by atoms with Gasteiger partial charge < -0.3 is 9.84 Å². The Bertz CT molecular complexity index is 1680. The largest absolute Gasteiger partial charge is 0.505 e. The molecule has 39 heavy (non-hydrogen) atoms. The highest BCUT2D eigenvalue weighted by molar-refractivity contribution is 7.89. The molecule has 204 valence electrons. The minimum atomic E-state index is -4.24. The number of carbonyl (C=O) groups is 1. The molecule has 1 fully saturated rings. The van der Waals surface area contributed by atoms with Crippen molar-refractivity contribution in [2.45, 2.75) is 37.5 Å². The van der Waals surface area contributed by atoms with E-state index < -0.39 is 38.3 Å². The summed E-state index contributed by atoms with van der Waals surface area (Å²) >= 11 is 1.19. The zero-order valence-corrected chi connectivity index (χ0v) is 22.4. The van der Waals surface area contributed by atoms with E-state index in [1.54, 1.807) is 17.0 Å². The molecule has 3 N–H and O–H groups in total. The van der Waals surface area contributed by atoms with E-state index in [1.165, 1.54) is 29.5 Å². The van der Waals surface area contributed by atoms with Crippen LogP contribution in [0.15, 0.2) is 46.7 Å². The van der Waals surface area contributed by atoms with Crippen molar-refractivity contribution in [3.05, 3.63) is 75.9 Å². The van der Waals surface area contributed by atoms with Gasteiger partial charge in [0, 0.05) is 22.9 Å². The maximum absolute atomic E-state index is 14.7. The smallest absolute Gasteiger partial charge is 0.357 e. The lowest BCUT2D eigenvalue weighted by atomic mass is 9.96. The molecule has 2 aromatic heterocycles. The Morgan fingerprint density at radius 3 is 2.62 bits per heavy atom. The van der Waals surface area contributed by atoms with Gasteiger partial charge in [-0.25, -0.2) is 36.8 Å². The summed E-state index contributed by atoms with van der Waals surface area (Å²) in [6.45, 7) is 1.89. The number of hydrogen-bond donors (Lipinski definition) is 2. The number of aromatic nitrogens is 3. The molecule has 4 aromatic rings. The predicted molar refractivity (Wildman–Crippen MR) is 139 cm³/mol. The van der Waals surface area contributed by atoms with E-state index in [-0.39, 0.29) is 18.7 Å². The van der Waals surface area contributed by atoms with E-state index in [0.717, 1.165) is 36.7 Å². The first-order chi connectivity index (χ1) is 18.5. The van der Waals surface area contributed by atoms with Gasteiger partial charge in [-0.2, -0.15) is 5.10 Å². The Morgan fingerprint density at radius 2 is 1.97 bits per heavy atom. The van der Waals surface area contributed by atoms with Crippen LogP contribution in [0.4, 0.5) is 8.78 Å². The van der Waals surface area contributed by atoms with Gasteiger partial charge in [0.05, 0.1) is 18.0 Å². The van der Waals surface area contributed by atoms with Crippen molar-refractivity contribution < 1.29 is 31.8 Å². The fourth-order valence-corrected chi connectivity index (χ4v) is 5.63. The fraction of sp³-hybridized carbons (Fsp3) is 0.269. The Kier molecular flexibility index (Phi) is 7.23. The van der Waals surface area contributed by atoms with Crippen molar-refractivity contribution >= 4 is 27.3 Å². The average molecular weight is 575 g/mol. The summed E-state index contributed by atoms with van der Waals surface area (Å²) in [5.41, 5.74) is 2.84. The number of aromatic hydroxyl groups is 1. The van der Waals surface area contributed by atoms with Crippen LogP contribution in [0.25, 0.3) is 16.4 Å². The molecule has 1 aliphatic rings. The lowest BCUT2D eigenvalue weighted by molar-refractivity contribution is 0.0520. The number of nitrogens with zero attached hydrogens (tertiary/aromatic N) is 3. The van der Waals surface area contributed by atoms with Gasteiger partial charge >= 0.3 is 5.97 Å². The molecule has 0 saturated heterocycles. The molecule has 13 heteroatoms. The summed E-state index contributed by atoms with van der Waals surface area (Å²) in [4.78, 5) is 16.0. The number of sulfonamides is 1. The highest BCUT2D eigenvalue weighted by Crippen LogP contribution is 2.39. The number of carbonyl (C=O) groups excluding carboxylic acids is 1. The summed E-state index contributed by atoms with van der Waals surface area (Å²) < 4.78 is 58.6. The third-order valence-electron chi connectivity index (χ3n) is 6.33. The number of nitrogens with two attached hydrogens (primary N) is 1. The van der Waals surface area contributed by atoms with Crippen molar-refractivity contribution in [1.29, 1.82) is 0 Å². The van der Waals surface area contributed by atoms with Crippen molar-refractivity contribution in [1.82, 2.24) is 14.8 Å². The summed E-state index contributed by atoms with van der Waals surface area (Å²) in [6, 6.07) is 7.53. The third-order valence-corrected chi connectivity index (χ3v) is 8.09. The second-order valence-electron chi connectivity index (χ2n) is 9.22. The van der Waals surface area contributed by atoms with Crippen molar-refractivity contribution in [2.24, 2.45) is 11.1 Å². The van der Waals surface area contributed by atoms with E-state index >= 15 is 0 Å². The van der Waals surface area contributed by atoms with Crippen LogP contribution in [0.1, 0.15) is 47.1 Å². The Balaban J connectivity index is 1.66. The molecule has 9 nitrogen and oxygen atoms in total. The summed E-state index contributed by atoms with van der Waals surface area (Å²) in [5.74, 6) is -2.51. The number of halogens is 2. The maximum Gasteiger partial charge on any atom is 0.357 e. The molecule has 2 aromatic carbocycles. The molecule has 0 unspecified atom stereocenters. The van der Waals surface area contributed by atoms with Gasteiger partial charge in [-0.15, -0.1) is 11.3 Å². The van der Waals surface area contributed by atoms with Crippen LogP contribution >= 0.6 is 11.3 Å². The highest BCUT2D eigenvalue weighted by atomic mass is 32.2. The van der Waals surface area contributed by atoms with Crippen LogP contribution in [0.3, 0.4) is 0 Å². The van der Waals surface area contributed by atoms with Crippen molar-refractivity contribution in [3.8, 4) is 22.1 Å². The maximum atomic E-state index is 14.7. The standard InChI is InChI=1S/C26H24F2N4O5S2/c1-2-37-25(34)20-13-38-26(30-20)32-21(11-14-3-4-14)17(24(31-32)16-6-7-18(27)22(33)12-16)9-15-5-8-23(19(28)10-15)39(29,35)36/h5-8,10,12-14,33H,2-4,9,11H2,1H3,(H2,29,35,36). The SMILES string of the molecule is CCOC(=O)c1csc(-n2nc(-c3ccc(F)c(O)c3)c(Cc3ccc(S(N)(=O)=O)c(F)c3)c2CC2CC2)n1. The van der Waals surface area contributed by atoms with Crippen LogP contribution in [0.5, 0.6) is 5.75 Å². The molecule has 0 aliphatic heterocycles. The predicted octanol–water partition coefficient (Wildman–Crippen LogP) is 4.35. The molecular formula is C26H24F2N4O5S2. The van der Waals surface area contributed by atoms with Crippen LogP contribution in [0, 0.1) is 17.6 Å². The minimum absolute atomic E-state index is 0.132. The van der Waals surface area contributed by atoms with Gasteiger partial charge in [-0.1, -0.05) is 6.07 Å². The van der Waals surface area contributed by atoms with Crippen molar-refractivity contribution in [3.63, 3.8) is 0 Å². The molecule has 5 rings (SSSR count). The number of phenols is 1. The molecule has 0 amide bonds. The van der Waals surface area contributed by atoms with E-state index in [9.17, 15) is 27.1 Å². The second kappa shape index (κ2) is 10.5. The first kappa shape index (κ1) is 26.9. The monoisotopic (exact) mass is 574 g/mol. The fourth-order valence-electron chi connectivity index (χ4n) is 4.28. The molecule has 1 saturated carbocycles.